The van der Waals surface area contributed by atoms with E-state index in [1.54, 1.807) is 17.0 Å². The summed E-state index contributed by atoms with van der Waals surface area (Å²) >= 11 is 0. The largest absolute Gasteiger partial charge is 0.491 e. The van der Waals surface area contributed by atoms with Crippen LogP contribution in [0.25, 0.3) is 11.1 Å². The van der Waals surface area contributed by atoms with Gasteiger partial charge >= 0.3 is 0 Å². The summed E-state index contributed by atoms with van der Waals surface area (Å²) < 4.78 is 19.6. The molecule has 1 heterocycles. The maximum atomic E-state index is 13.9. The maximum Gasteiger partial charge on any atom is 0.239 e. The second-order valence-electron chi connectivity index (χ2n) is 9.63. The van der Waals surface area contributed by atoms with Crippen LogP contribution in [0, 0.1) is 5.95 Å². The predicted octanol–water partition coefficient (Wildman–Crippen LogP) is 5.87. The van der Waals surface area contributed by atoms with Crippen molar-refractivity contribution in [1.82, 2.24) is 4.98 Å². The van der Waals surface area contributed by atoms with Crippen LogP contribution in [0.2, 0.25) is 0 Å². The Balaban J connectivity index is 1.60. The van der Waals surface area contributed by atoms with Gasteiger partial charge in [-0.1, -0.05) is 43.7 Å². The molecule has 1 atom stereocenters. The van der Waals surface area contributed by atoms with Crippen LogP contribution in [0.15, 0.2) is 66.7 Å². The molecule has 5 nitrogen and oxygen atoms in total. The number of hydrogen-bond donors (Lipinski definition) is 1. The zero-order valence-corrected chi connectivity index (χ0v) is 20.7. The SMILES string of the molecule is CCCC(N)CN(C(=O)C1(c2cccc(F)n2)CC1)c1ccc(-c2ccc(OC(C)C)cc2)cc1. The molecule has 0 bridgehead atoms. The van der Waals surface area contributed by atoms with Crippen LogP contribution in [-0.2, 0) is 10.2 Å². The van der Waals surface area contributed by atoms with Gasteiger partial charge in [0.1, 0.15) is 5.75 Å². The fourth-order valence-corrected chi connectivity index (χ4v) is 4.47. The van der Waals surface area contributed by atoms with E-state index in [-0.39, 0.29) is 18.1 Å². The third-order valence-corrected chi connectivity index (χ3v) is 6.42. The number of rotatable bonds is 10. The first-order chi connectivity index (χ1) is 16.8. The minimum absolute atomic E-state index is 0.0647. The molecule has 4 rings (SSSR count). The van der Waals surface area contributed by atoms with Crippen molar-refractivity contribution < 1.29 is 13.9 Å². The van der Waals surface area contributed by atoms with Crippen LogP contribution < -0.4 is 15.4 Å². The quantitative estimate of drug-likeness (QED) is 0.373. The lowest BCUT2D eigenvalue weighted by atomic mass is 9.98. The third kappa shape index (κ3) is 5.70. The topological polar surface area (TPSA) is 68.5 Å². The zero-order chi connectivity index (χ0) is 25.0. The lowest BCUT2D eigenvalue weighted by Crippen LogP contribution is -2.46. The van der Waals surface area contributed by atoms with Crippen molar-refractivity contribution in [2.75, 3.05) is 11.4 Å². The Hall–Kier alpha value is -3.25. The lowest BCUT2D eigenvalue weighted by Gasteiger charge is -2.30. The molecule has 35 heavy (non-hydrogen) atoms. The second kappa shape index (κ2) is 10.6. The van der Waals surface area contributed by atoms with E-state index in [0.717, 1.165) is 35.4 Å². The predicted molar refractivity (Wildman–Crippen MR) is 138 cm³/mol. The Labute approximate surface area is 207 Å². The van der Waals surface area contributed by atoms with E-state index in [1.165, 1.54) is 6.07 Å². The highest BCUT2D eigenvalue weighted by Crippen LogP contribution is 2.49. The van der Waals surface area contributed by atoms with Crippen LogP contribution in [0.1, 0.15) is 52.1 Å². The molecule has 6 heteroatoms. The number of nitrogens with zero attached hydrogens (tertiary/aromatic N) is 2. The minimum Gasteiger partial charge on any atom is -0.491 e. The van der Waals surface area contributed by atoms with E-state index in [2.05, 4.69) is 11.9 Å². The smallest absolute Gasteiger partial charge is 0.239 e. The molecule has 3 aromatic rings. The number of halogens is 1. The molecule has 1 aliphatic rings. The van der Waals surface area contributed by atoms with Gasteiger partial charge in [-0.25, -0.2) is 4.98 Å². The van der Waals surface area contributed by atoms with Crippen molar-refractivity contribution in [3.05, 3.63) is 78.4 Å². The Morgan fingerprint density at radius 3 is 2.23 bits per heavy atom. The van der Waals surface area contributed by atoms with Crippen molar-refractivity contribution in [2.45, 2.75) is 64.0 Å². The fraction of sp³-hybridized carbons (Fsp3) is 0.379. The van der Waals surface area contributed by atoms with E-state index in [1.807, 2.05) is 62.4 Å². The second-order valence-corrected chi connectivity index (χ2v) is 9.63. The highest BCUT2D eigenvalue weighted by molar-refractivity contribution is 6.03. The average molecular weight is 476 g/mol. The van der Waals surface area contributed by atoms with Crippen molar-refractivity contribution in [3.63, 3.8) is 0 Å². The fourth-order valence-electron chi connectivity index (χ4n) is 4.47. The van der Waals surface area contributed by atoms with E-state index < -0.39 is 11.4 Å². The molecule has 0 radical (unpaired) electrons. The molecule has 0 saturated heterocycles. The first-order valence-electron chi connectivity index (χ1n) is 12.4. The molecule has 0 aliphatic heterocycles. The van der Waals surface area contributed by atoms with Gasteiger partial charge in [-0.3, -0.25) is 4.79 Å². The van der Waals surface area contributed by atoms with Gasteiger partial charge in [0.15, 0.2) is 0 Å². The minimum atomic E-state index is -0.779. The number of benzene rings is 2. The standard InChI is InChI=1S/C29H34FN3O2/c1-4-6-23(31)19-33(28(34)29(17-18-29)26-7-5-8-27(30)32-26)24-13-9-21(10-14-24)22-11-15-25(16-12-22)35-20(2)3/h5,7-16,20,23H,4,6,17-19,31H2,1-3H3. The Kier molecular flexibility index (Phi) is 7.51. The number of carbonyl (C=O) groups is 1. The van der Waals surface area contributed by atoms with Crippen LogP contribution >= 0.6 is 0 Å². The molecule has 2 aromatic carbocycles. The number of amides is 1. The van der Waals surface area contributed by atoms with Crippen molar-refractivity contribution in [3.8, 4) is 16.9 Å². The number of aromatic nitrogens is 1. The molecule has 1 aromatic heterocycles. The van der Waals surface area contributed by atoms with Crippen molar-refractivity contribution in [2.24, 2.45) is 5.73 Å². The molecular weight excluding hydrogens is 441 g/mol. The van der Waals surface area contributed by atoms with Gasteiger partial charge in [0.2, 0.25) is 11.9 Å². The van der Waals surface area contributed by atoms with E-state index in [9.17, 15) is 9.18 Å². The Morgan fingerprint density at radius 2 is 1.69 bits per heavy atom. The van der Waals surface area contributed by atoms with E-state index >= 15 is 0 Å². The number of nitrogens with two attached hydrogens (primary N) is 1. The highest BCUT2D eigenvalue weighted by Gasteiger charge is 2.54. The van der Waals surface area contributed by atoms with Crippen molar-refractivity contribution in [1.29, 1.82) is 0 Å². The number of carbonyl (C=O) groups excluding carboxylic acids is 1. The molecule has 1 saturated carbocycles. The molecule has 1 unspecified atom stereocenters. The van der Waals surface area contributed by atoms with Crippen molar-refractivity contribution >= 4 is 11.6 Å². The number of pyridine rings is 1. The summed E-state index contributed by atoms with van der Waals surface area (Å²) in [6, 6.07) is 20.4. The maximum absolute atomic E-state index is 13.9. The van der Waals surface area contributed by atoms with Crippen LogP contribution in [0.4, 0.5) is 10.1 Å². The van der Waals surface area contributed by atoms with Gasteiger partial charge in [0.05, 0.1) is 17.2 Å². The van der Waals surface area contributed by atoms with Gasteiger partial charge in [-0.05, 0) is 80.6 Å². The monoisotopic (exact) mass is 475 g/mol. The zero-order valence-electron chi connectivity index (χ0n) is 20.7. The lowest BCUT2D eigenvalue weighted by molar-refractivity contribution is -0.121. The van der Waals surface area contributed by atoms with Gasteiger partial charge < -0.3 is 15.4 Å². The summed E-state index contributed by atoms with van der Waals surface area (Å²) in [7, 11) is 0. The first kappa shape index (κ1) is 24.9. The molecule has 184 valence electrons. The summed E-state index contributed by atoms with van der Waals surface area (Å²) in [5.74, 6) is 0.206. The molecule has 0 spiro atoms. The molecule has 1 amide bonds. The van der Waals surface area contributed by atoms with Crippen LogP contribution in [0.3, 0.4) is 0 Å². The Morgan fingerprint density at radius 1 is 1.06 bits per heavy atom. The Bertz CT molecular complexity index is 1140. The molecule has 2 N–H and O–H groups in total. The molecule has 1 fully saturated rings. The summed E-state index contributed by atoms with van der Waals surface area (Å²) in [6.45, 7) is 6.49. The van der Waals surface area contributed by atoms with Gasteiger partial charge in [0.25, 0.3) is 0 Å². The van der Waals surface area contributed by atoms with E-state index in [4.69, 9.17) is 10.5 Å². The van der Waals surface area contributed by atoms with Gasteiger partial charge in [-0.15, -0.1) is 0 Å². The number of hydrogen-bond acceptors (Lipinski definition) is 4. The summed E-state index contributed by atoms with van der Waals surface area (Å²) in [4.78, 5) is 19.7. The summed E-state index contributed by atoms with van der Waals surface area (Å²) in [5, 5.41) is 0. The van der Waals surface area contributed by atoms with Crippen LogP contribution in [-0.4, -0.2) is 29.6 Å². The summed E-state index contributed by atoms with van der Waals surface area (Å²) in [6.07, 6.45) is 3.20. The molecule has 1 aliphatic carbocycles. The van der Waals surface area contributed by atoms with Crippen LogP contribution in [0.5, 0.6) is 5.75 Å². The average Bonchev–Trinajstić information content (AvgIpc) is 3.65. The van der Waals surface area contributed by atoms with Gasteiger partial charge in [-0.2, -0.15) is 4.39 Å². The molecular formula is C29H34FN3O2. The third-order valence-electron chi connectivity index (χ3n) is 6.42. The summed E-state index contributed by atoms with van der Waals surface area (Å²) in [5.41, 5.74) is 8.99. The first-order valence-corrected chi connectivity index (χ1v) is 12.4. The number of anilines is 1. The normalized spacial score (nSPS) is 15.0. The number of ether oxygens (including phenoxy) is 1. The highest BCUT2D eigenvalue weighted by atomic mass is 19.1. The van der Waals surface area contributed by atoms with E-state index in [0.29, 0.717) is 25.1 Å². The van der Waals surface area contributed by atoms with Gasteiger partial charge in [0, 0.05) is 18.3 Å².